The average Bonchev–Trinajstić information content (AvgIpc) is 2.98. The largest absolute Gasteiger partial charge is 0.483 e. The molecule has 6 heteroatoms. The van der Waals surface area contributed by atoms with Crippen LogP contribution in [-0.4, -0.2) is 24.5 Å². The van der Waals surface area contributed by atoms with E-state index in [9.17, 15) is 9.59 Å². The second kappa shape index (κ2) is 7.31. The summed E-state index contributed by atoms with van der Waals surface area (Å²) in [6, 6.07) is 10.2. The summed E-state index contributed by atoms with van der Waals surface area (Å²) in [6.07, 6.45) is 2.18. The lowest BCUT2D eigenvalue weighted by Crippen LogP contribution is -2.34. The molecule has 3 N–H and O–H groups in total. The third-order valence-electron chi connectivity index (χ3n) is 2.97. The summed E-state index contributed by atoms with van der Waals surface area (Å²) in [4.78, 5) is 23.1. The Labute approximate surface area is 128 Å². The zero-order valence-electron chi connectivity index (χ0n) is 12.2. The highest BCUT2D eigenvalue weighted by molar-refractivity contribution is 5.97. The molecule has 1 atom stereocenters. The summed E-state index contributed by atoms with van der Waals surface area (Å²) >= 11 is 0. The summed E-state index contributed by atoms with van der Waals surface area (Å²) < 4.78 is 10.5. The minimum atomic E-state index is -0.596. The van der Waals surface area contributed by atoms with Crippen LogP contribution in [0.3, 0.4) is 0 Å². The molecule has 1 heterocycles. The number of para-hydroxylation sites is 1. The molecule has 0 aliphatic rings. The van der Waals surface area contributed by atoms with Crippen molar-refractivity contribution >= 4 is 11.8 Å². The zero-order valence-corrected chi connectivity index (χ0v) is 12.2. The van der Waals surface area contributed by atoms with Gasteiger partial charge in [-0.3, -0.25) is 9.59 Å². The molecular weight excluding hydrogens is 284 g/mol. The first-order chi connectivity index (χ1) is 10.6. The number of nitrogens with one attached hydrogen (secondary N) is 1. The Balaban J connectivity index is 2.01. The lowest BCUT2D eigenvalue weighted by molar-refractivity contribution is -0.119. The number of rotatable bonds is 7. The van der Waals surface area contributed by atoms with Gasteiger partial charge in [0, 0.05) is 12.5 Å². The zero-order chi connectivity index (χ0) is 15.9. The highest BCUT2D eigenvalue weighted by Crippen LogP contribution is 2.18. The van der Waals surface area contributed by atoms with Gasteiger partial charge in [-0.2, -0.15) is 0 Å². The second-order valence-corrected chi connectivity index (χ2v) is 4.91. The lowest BCUT2D eigenvalue weighted by atomic mass is 10.1. The number of primary amides is 1. The maximum absolute atomic E-state index is 12.3. The number of carbonyl (C=O) groups is 2. The molecule has 2 amide bonds. The minimum Gasteiger partial charge on any atom is -0.483 e. The minimum absolute atomic E-state index is 0.108. The molecule has 0 aliphatic heterocycles. The summed E-state index contributed by atoms with van der Waals surface area (Å²) in [5.74, 6) is 0.246. The summed E-state index contributed by atoms with van der Waals surface area (Å²) in [5.41, 5.74) is 5.40. The van der Waals surface area contributed by atoms with Crippen molar-refractivity contribution in [3.8, 4) is 5.75 Å². The Morgan fingerprint density at radius 1 is 1.27 bits per heavy atom. The van der Waals surface area contributed by atoms with E-state index in [1.807, 2.05) is 13.0 Å². The number of amides is 2. The molecule has 0 bridgehead atoms. The van der Waals surface area contributed by atoms with Gasteiger partial charge in [0.1, 0.15) is 11.5 Å². The molecule has 2 aromatic rings. The van der Waals surface area contributed by atoms with Crippen LogP contribution >= 0.6 is 0 Å². The molecular formula is C16H18N2O4. The first-order valence-corrected chi connectivity index (χ1v) is 6.89. The SMILES string of the molecule is C[C@@H](Cc1ccco1)NC(=O)c1ccccc1OCC(N)=O. The van der Waals surface area contributed by atoms with Crippen molar-refractivity contribution < 1.29 is 18.7 Å². The Kier molecular flexibility index (Phi) is 5.19. The van der Waals surface area contributed by atoms with Crippen molar-refractivity contribution in [3.63, 3.8) is 0 Å². The quantitative estimate of drug-likeness (QED) is 0.810. The van der Waals surface area contributed by atoms with Crippen LogP contribution in [0, 0.1) is 0 Å². The smallest absolute Gasteiger partial charge is 0.255 e. The van der Waals surface area contributed by atoms with E-state index in [0.29, 0.717) is 17.7 Å². The van der Waals surface area contributed by atoms with E-state index >= 15 is 0 Å². The molecule has 0 fully saturated rings. The van der Waals surface area contributed by atoms with Crippen LogP contribution < -0.4 is 15.8 Å². The predicted molar refractivity (Wildman–Crippen MR) is 80.5 cm³/mol. The van der Waals surface area contributed by atoms with Crippen LogP contribution in [0.4, 0.5) is 0 Å². The normalized spacial score (nSPS) is 11.7. The van der Waals surface area contributed by atoms with Gasteiger partial charge < -0.3 is 20.2 Å². The molecule has 0 aliphatic carbocycles. The van der Waals surface area contributed by atoms with E-state index in [1.165, 1.54) is 0 Å². The van der Waals surface area contributed by atoms with E-state index in [-0.39, 0.29) is 18.6 Å². The van der Waals surface area contributed by atoms with Crippen molar-refractivity contribution in [3.05, 3.63) is 54.0 Å². The number of hydrogen-bond donors (Lipinski definition) is 2. The number of nitrogens with two attached hydrogens (primary N) is 1. The number of benzene rings is 1. The summed E-state index contributed by atoms with van der Waals surface area (Å²) in [5, 5.41) is 2.87. The van der Waals surface area contributed by atoms with Crippen molar-refractivity contribution in [1.29, 1.82) is 0 Å². The van der Waals surface area contributed by atoms with Gasteiger partial charge >= 0.3 is 0 Å². The van der Waals surface area contributed by atoms with Crippen LogP contribution in [0.15, 0.2) is 47.1 Å². The third-order valence-corrected chi connectivity index (χ3v) is 2.97. The molecule has 0 radical (unpaired) electrons. The van der Waals surface area contributed by atoms with Gasteiger partial charge in [0.05, 0.1) is 11.8 Å². The topological polar surface area (TPSA) is 94.6 Å². The van der Waals surface area contributed by atoms with Gasteiger partial charge in [-0.25, -0.2) is 0 Å². The molecule has 0 saturated carbocycles. The predicted octanol–water partition coefficient (Wildman–Crippen LogP) is 1.50. The van der Waals surface area contributed by atoms with Crippen molar-refractivity contribution in [1.82, 2.24) is 5.32 Å². The molecule has 116 valence electrons. The van der Waals surface area contributed by atoms with E-state index in [2.05, 4.69) is 5.32 Å². The van der Waals surface area contributed by atoms with E-state index in [0.717, 1.165) is 5.76 Å². The molecule has 0 saturated heterocycles. The maximum Gasteiger partial charge on any atom is 0.255 e. The number of furan rings is 1. The van der Waals surface area contributed by atoms with E-state index in [4.69, 9.17) is 14.9 Å². The van der Waals surface area contributed by atoms with Gasteiger partial charge in [-0.05, 0) is 31.2 Å². The van der Waals surface area contributed by atoms with Gasteiger partial charge in [-0.1, -0.05) is 12.1 Å². The van der Waals surface area contributed by atoms with Crippen molar-refractivity contribution in [2.24, 2.45) is 5.73 Å². The van der Waals surface area contributed by atoms with Crippen LogP contribution in [-0.2, 0) is 11.2 Å². The van der Waals surface area contributed by atoms with Crippen molar-refractivity contribution in [2.75, 3.05) is 6.61 Å². The van der Waals surface area contributed by atoms with Gasteiger partial charge in [0.2, 0.25) is 0 Å². The maximum atomic E-state index is 12.3. The van der Waals surface area contributed by atoms with Crippen LogP contribution in [0.2, 0.25) is 0 Å². The molecule has 0 spiro atoms. The van der Waals surface area contributed by atoms with Crippen LogP contribution in [0.5, 0.6) is 5.75 Å². The van der Waals surface area contributed by atoms with Gasteiger partial charge in [0.15, 0.2) is 6.61 Å². The Hall–Kier alpha value is -2.76. The van der Waals surface area contributed by atoms with Gasteiger partial charge in [-0.15, -0.1) is 0 Å². The average molecular weight is 302 g/mol. The monoisotopic (exact) mass is 302 g/mol. The summed E-state index contributed by atoms with van der Waals surface area (Å²) in [7, 11) is 0. The first kappa shape index (κ1) is 15.6. The third kappa shape index (κ3) is 4.37. The fourth-order valence-corrected chi connectivity index (χ4v) is 2.01. The lowest BCUT2D eigenvalue weighted by Gasteiger charge is -2.15. The standard InChI is InChI=1S/C16H18N2O4/c1-11(9-12-5-4-8-21-12)18-16(20)13-6-2-3-7-14(13)22-10-15(17)19/h2-8,11H,9-10H2,1H3,(H2,17,19)(H,18,20)/t11-/m0/s1. The Morgan fingerprint density at radius 3 is 2.73 bits per heavy atom. The molecule has 0 unspecified atom stereocenters. The number of carbonyl (C=O) groups excluding carboxylic acids is 2. The van der Waals surface area contributed by atoms with Crippen LogP contribution in [0.25, 0.3) is 0 Å². The molecule has 1 aromatic heterocycles. The van der Waals surface area contributed by atoms with E-state index in [1.54, 1.807) is 36.6 Å². The van der Waals surface area contributed by atoms with Crippen molar-refractivity contribution in [2.45, 2.75) is 19.4 Å². The molecule has 22 heavy (non-hydrogen) atoms. The van der Waals surface area contributed by atoms with Crippen LogP contribution in [0.1, 0.15) is 23.0 Å². The number of hydrogen-bond acceptors (Lipinski definition) is 4. The Bertz CT molecular complexity index is 637. The molecule has 1 aromatic carbocycles. The highest BCUT2D eigenvalue weighted by Gasteiger charge is 2.15. The molecule has 6 nitrogen and oxygen atoms in total. The second-order valence-electron chi connectivity index (χ2n) is 4.91. The summed E-state index contributed by atoms with van der Waals surface area (Å²) in [6.45, 7) is 1.61. The first-order valence-electron chi connectivity index (χ1n) is 6.89. The fourth-order valence-electron chi connectivity index (χ4n) is 2.01. The van der Waals surface area contributed by atoms with E-state index < -0.39 is 5.91 Å². The molecule has 2 rings (SSSR count). The highest BCUT2D eigenvalue weighted by atomic mass is 16.5. The Morgan fingerprint density at radius 2 is 2.05 bits per heavy atom. The van der Waals surface area contributed by atoms with Gasteiger partial charge in [0.25, 0.3) is 11.8 Å². The fraction of sp³-hybridized carbons (Fsp3) is 0.250. The number of ether oxygens (including phenoxy) is 1.